The Morgan fingerprint density at radius 3 is 2.52 bits per heavy atom. The number of nitrogens with one attached hydrogen (secondary N) is 2. The largest absolute Gasteiger partial charge is 0.465 e. The zero-order chi connectivity index (χ0) is 19.6. The maximum atomic E-state index is 12.9. The topological polar surface area (TPSA) is 91.0 Å². The number of hydrogen-bond acceptors (Lipinski definition) is 7. The van der Waals surface area contributed by atoms with Gasteiger partial charge in [-0.1, -0.05) is 17.7 Å². The van der Waals surface area contributed by atoms with Crippen molar-refractivity contribution >= 4 is 21.7 Å². The van der Waals surface area contributed by atoms with Crippen molar-refractivity contribution < 1.29 is 17.9 Å². The van der Waals surface area contributed by atoms with Crippen LogP contribution in [0.3, 0.4) is 0 Å². The van der Waals surface area contributed by atoms with Crippen molar-refractivity contribution in [3.8, 4) is 0 Å². The molecule has 1 aromatic carbocycles. The van der Waals surface area contributed by atoms with Gasteiger partial charge in [-0.2, -0.15) is 4.31 Å². The first-order valence-corrected chi connectivity index (χ1v) is 10.8. The summed E-state index contributed by atoms with van der Waals surface area (Å²) in [5.74, 6) is -0.428. The molecule has 0 saturated carbocycles. The highest BCUT2D eigenvalue weighted by Crippen LogP contribution is 2.24. The number of carbonyl (C=O) groups is 1. The van der Waals surface area contributed by atoms with Crippen LogP contribution in [-0.4, -0.2) is 62.9 Å². The van der Waals surface area contributed by atoms with Crippen LogP contribution < -0.4 is 15.8 Å². The Bertz CT molecular complexity index is 791. The van der Waals surface area contributed by atoms with Crippen LogP contribution in [0.2, 0.25) is 0 Å². The molecule has 0 spiro atoms. The van der Waals surface area contributed by atoms with E-state index in [-0.39, 0.29) is 13.0 Å². The van der Waals surface area contributed by atoms with E-state index in [0.717, 1.165) is 5.69 Å². The van der Waals surface area contributed by atoms with Crippen LogP contribution in [0.15, 0.2) is 18.2 Å². The van der Waals surface area contributed by atoms with Gasteiger partial charge in [-0.25, -0.2) is 19.3 Å². The van der Waals surface area contributed by atoms with Crippen molar-refractivity contribution in [2.24, 2.45) is 0 Å². The lowest BCUT2D eigenvalue weighted by Gasteiger charge is -2.37. The molecule has 2 saturated heterocycles. The molecular weight excluding hydrogens is 368 g/mol. The number of nitrogens with zero attached hydrogens (tertiary/aromatic N) is 2. The van der Waals surface area contributed by atoms with Crippen LogP contribution in [0, 0.1) is 13.8 Å². The highest BCUT2D eigenvalue weighted by molar-refractivity contribution is 7.89. The molecule has 1 aromatic rings. The average Bonchev–Trinajstić information content (AvgIpc) is 3.13. The van der Waals surface area contributed by atoms with Gasteiger partial charge in [0.1, 0.15) is 11.4 Å². The van der Waals surface area contributed by atoms with Gasteiger partial charge in [0.15, 0.2) is 0 Å². The Morgan fingerprint density at radius 2 is 1.89 bits per heavy atom. The fraction of sp³-hybridized carbons (Fsp3) is 0.611. The van der Waals surface area contributed by atoms with Gasteiger partial charge in [-0.3, -0.25) is 4.79 Å². The number of sulfonamides is 1. The predicted octanol–water partition coefficient (Wildman–Crippen LogP) is 0.511. The normalized spacial score (nSPS) is 24.2. The lowest BCUT2D eigenvalue weighted by Crippen LogP contribution is -2.53. The highest BCUT2D eigenvalue weighted by Gasteiger charge is 2.41. The van der Waals surface area contributed by atoms with Crippen LogP contribution in [0.1, 0.15) is 24.5 Å². The number of esters is 1. The highest BCUT2D eigenvalue weighted by atomic mass is 32.2. The van der Waals surface area contributed by atoms with E-state index < -0.39 is 27.4 Å². The molecule has 2 aliphatic rings. The third kappa shape index (κ3) is 4.26. The van der Waals surface area contributed by atoms with Crippen molar-refractivity contribution in [1.29, 1.82) is 0 Å². The smallest absolute Gasteiger partial charge is 0.324 e. The number of rotatable bonds is 5. The van der Waals surface area contributed by atoms with Gasteiger partial charge in [0.05, 0.1) is 6.61 Å². The van der Waals surface area contributed by atoms with E-state index in [1.54, 1.807) is 6.92 Å². The van der Waals surface area contributed by atoms with Crippen LogP contribution in [0.5, 0.6) is 0 Å². The van der Waals surface area contributed by atoms with Crippen LogP contribution in [-0.2, 0) is 19.6 Å². The number of hydrazine groups is 1. The Hall–Kier alpha value is -1.68. The SMILES string of the molecule is CCOC(=O)C1CC(S(=O)(=O)N2CCN(c3ccc(C)cc3C)CC2)NN1. The quantitative estimate of drug-likeness (QED) is 0.701. The Morgan fingerprint density at radius 1 is 1.19 bits per heavy atom. The molecule has 0 aliphatic carbocycles. The molecule has 0 aromatic heterocycles. The number of piperazine rings is 1. The fourth-order valence-corrected chi connectivity index (χ4v) is 5.33. The van der Waals surface area contributed by atoms with E-state index in [4.69, 9.17) is 4.74 Å². The summed E-state index contributed by atoms with van der Waals surface area (Å²) in [6.07, 6.45) is 0.165. The summed E-state index contributed by atoms with van der Waals surface area (Å²) in [5.41, 5.74) is 9.06. The zero-order valence-corrected chi connectivity index (χ0v) is 16.9. The van der Waals surface area contributed by atoms with Gasteiger partial charge in [-0.15, -0.1) is 0 Å². The molecule has 8 nitrogen and oxygen atoms in total. The Kier molecular flexibility index (Phi) is 6.05. The predicted molar refractivity (Wildman–Crippen MR) is 104 cm³/mol. The first kappa shape index (κ1) is 20.1. The van der Waals surface area contributed by atoms with Crippen LogP contribution in [0.4, 0.5) is 5.69 Å². The number of aryl methyl sites for hydroxylation is 2. The number of ether oxygens (including phenoxy) is 1. The van der Waals surface area contributed by atoms with Gasteiger partial charge in [0.25, 0.3) is 0 Å². The van der Waals surface area contributed by atoms with Gasteiger partial charge >= 0.3 is 5.97 Å². The van der Waals surface area contributed by atoms with E-state index in [9.17, 15) is 13.2 Å². The summed E-state index contributed by atoms with van der Waals surface area (Å²) in [4.78, 5) is 14.0. The molecular formula is C18H28N4O4S. The summed E-state index contributed by atoms with van der Waals surface area (Å²) >= 11 is 0. The number of anilines is 1. The van der Waals surface area contributed by atoms with Crippen molar-refractivity contribution in [2.45, 2.75) is 38.6 Å². The van der Waals surface area contributed by atoms with Crippen molar-refractivity contribution in [3.05, 3.63) is 29.3 Å². The molecule has 2 atom stereocenters. The molecule has 2 fully saturated rings. The minimum Gasteiger partial charge on any atom is -0.465 e. The molecule has 3 rings (SSSR count). The lowest BCUT2D eigenvalue weighted by atomic mass is 10.1. The van der Waals surface area contributed by atoms with Gasteiger partial charge in [0.2, 0.25) is 10.0 Å². The average molecular weight is 397 g/mol. The summed E-state index contributed by atoms with van der Waals surface area (Å²) < 4.78 is 32.3. The van der Waals surface area contributed by atoms with Crippen molar-refractivity contribution in [2.75, 3.05) is 37.7 Å². The molecule has 2 N–H and O–H groups in total. The lowest BCUT2D eigenvalue weighted by molar-refractivity contribution is -0.145. The van der Waals surface area contributed by atoms with Gasteiger partial charge < -0.3 is 9.64 Å². The Balaban J connectivity index is 1.61. The van der Waals surface area contributed by atoms with E-state index in [1.165, 1.54) is 15.4 Å². The second-order valence-electron chi connectivity index (χ2n) is 7.04. The van der Waals surface area contributed by atoms with E-state index >= 15 is 0 Å². The monoisotopic (exact) mass is 396 g/mol. The molecule has 0 amide bonds. The third-order valence-corrected chi connectivity index (χ3v) is 7.20. The first-order valence-electron chi connectivity index (χ1n) is 9.31. The maximum absolute atomic E-state index is 12.9. The maximum Gasteiger partial charge on any atom is 0.324 e. The standard InChI is InChI=1S/C18H28N4O4S/c1-4-26-18(23)15-12-17(20-19-15)27(24,25)22-9-7-21(8-10-22)16-6-5-13(2)11-14(16)3/h5-6,11,15,17,19-20H,4,7-10,12H2,1-3H3. The molecule has 27 heavy (non-hydrogen) atoms. The van der Waals surface area contributed by atoms with Crippen molar-refractivity contribution in [3.63, 3.8) is 0 Å². The minimum atomic E-state index is -3.54. The molecule has 0 radical (unpaired) electrons. The zero-order valence-electron chi connectivity index (χ0n) is 16.1. The summed E-state index contributed by atoms with van der Waals surface area (Å²) in [6, 6.07) is 5.68. The summed E-state index contributed by atoms with van der Waals surface area (Å²) in [7, 11) is -3.54. The Labute approximate surface area is 160 Å². The second-order valence-corrected chi connectivity index (χ2v) is 9.15. The molecule has 9 heteroatoms. The molecule has 2 heterocycles. The third-order valence-electron chi connectivity index (χ3n) is 5.09. The molecule has 150 valence electrons. The minimum absolute atomic E-state index is 0.165. The van der Waals surface area contributed by atoms with E-state index in [2.05, 4.69) is 47.8 Å². The van der Waals surface area contributed by atoms with E-state index in [1.807, 2.05) is 0 Å². The molecule has 2 aliphatic heterocycles. The summed E-state index contributed by atoms with van der Waals surface area (Å²) in [5, 5.41) is -0.820. The van der Waals surface area contributed by atoms with Gasteiger partial charge in [0, 0.05) is 38.3 Å². The van der Waals surface area contributed by atoms with Crippen LogP contribution >= 0.6 is 0 Å². The van der Waals surface area contributed by atoms with Crippen LogP contribution in [0.25, 0.3) is 0 Å². The molecule has 0 bridgehead atoms. The molecule has 2 unspecified atom stereocenters. The first-order chi connectivity index (χ1) is 12.8. The number of carbonyl (C=O) groups excluding carboxylic acids is 1. The van der Waals surface area contributed by atoms with Gasteiger partial charge in [-0.05, 0) is 32.4 Å². The second kappa shape index (κ2) is 8.14. The fourth-order valence-electron chi connectivity index (χ4n) is 3.64. The van der Waals surface area contributed by atoms with Crippen molar-refractivity contribution in [1.82, 2.24) is 15.2 Å². The number of benzene rings is 1. The number of hydrogen-bond donors (Lipinski definition) is 2. The van der Waals surface area contributed by atoms with E-state index in [0.29, 0.717) is 26.2 Å². The summed E-state index contributed by atoms with van der Waals surface area (Å²) in [6.45, 7) is 8.28.